The van der Waals surface area contributed by atoms with Gasteiger partial charge < -0.3 is 14.3 Å². The first-order valence-corrected chi connectivity index (χ1v) is 13.3. The van der Waals surface area contributed by atoms with E-state index in [2.05, 4.69) is 23.6 Å². The first-order valence-electron chi connectivity index (χ1n) is 11.8. The molecule has 1 rings (SSSR count). The Kier molecular flexibility index (Phi) is 20.1. The molecule has 1 N–H and O–H groups in total. The van der Waals surface area contributed by atoms with E-state index in [1.807, 2.05) is 0 Å². The molecule has 1 saturated carbocycles. The summed E-state index contributed by atoms with van der Waals surface area (Å²) < 4.78 is 15.2. The van der Waals surface area contributed by atoms with Crippen LogP contribution in [-0.2, 0) is 9.09 Å². The van der Waals surface area contributed by atoms with E-state index >= 15 is 0 Å². The standard InChI is InChI=1S/C23H45O4P.Na/c1-2-3-4-5-6-7-8-9-10-11-12-13-14-15-16-17-22-18-19-23(20-22)21-27-28(24,25)26;/h9-10,22-23H,2-8,11-21H2,1H3,(H2,24,25,26);/q;+1/p-1/b10-9+;. The topological polar surface area (TPSA) is 69.6 Å². The molecule has 0 amide bonds. The minimum Gasteiger partial charge on any atom is -0.756 e. The van der Waals surface area contributed by atoms with E-state index < -0.39 is 7.82 Å². The van der Waals surface area contributed by atoms with Gasteiger partial charge in [0.25, 0.3) is 7.82 Å². The number of phosphoric acid groups is 1. The average molecular weight is 439 g/mol. The van der Waals surface area contributed by atoms with Gasteiger partial charge in [-0.15, -0.1) is 0 Å². The Morgan fingerprint density at radius 2 is 1.41 bits per heavy atom. The summed E-state index contributed by atoms with van der Waals surface area (Å²) in [6.07, 6.45) is 26.6. The number of hydrogen-bond donors (Lipinski definition) is 1. The van der Waals surface area contributed by atoms with Crippen LogP contribution in [0, 0.1) is 11.8 Å². The largest absolute Gasteiger partial charge is 1.00 e. The van der Waals surface area contributed by atoms with Crippen molar-refractivity contribution in [2.75, 3.05) is 6.61 Å². The summed E-state index contributed by atoms with van der Waals surface area (Å²) in [4.78, 5) is 19.3. The molecule has 0 saturated heterocycles. The molecular formula is C23H44NaO4P. The van der Waals surface area contributed by atoms with Crippen molar-refractivity contribution in [1.82, 2.24) is 0 Å². The molecule has 0 aromatic rings. The monoisotopic (exact) mass is 438 g/mol. The van der Waals surface area contributed by atoms with Crippen LogP contribution in [0.25, 0.3) is 0 Å². The van der Waals surface area contributed by atoms with E-state index in [4.69, 9.17) is 4.89 Å². The summed E-state index contributed by atoms with van der Waals surface area (Å²) in [5, 5.41) is 0. The third-order valence-corrected chi connectivity index (χ3v) is 6.47. The molecule has 0 aromatic heterocycles. The summed E-state index contributed by atoms with van der Waals surface area (Å²) in [5.41, 5.74) is 0. The second-order valence-corrected chi connectivity index (χ2v) is 9.88. The van der Waals surface area contributed by atoms with Gasteiger partial charge in [-0.05, 0) is 50.4 Å². The molecule has 166 valence electrons. The van der Waals surface area contributed by atoms with E-state index in [1.54, 1.807) is 0 Å². The Balaban J connectivity index is 0.00000784. The summed E-state index contributed by atoms with van der Waals surface area (Å²) >= 11 is 0. The molecule has 3 unspecified atom stereocenters. The number of hydrogen-bond acceptors (Lipinski definition) is 3. The quantitative estimate of drug-likeness (QED) is 0.152. The first-order chi connectivity index (χ1) is 13.5. The van der Waals surface area contributed by atoms with Crippen molar-refractivity contribution in [1.29, 1.82) is 0 Å². The molecule has 0 aliphatic heterocycles. The van der Waals surface area contributed by atoms with E-state index in [-0.39, 0.29) is 36.2 Å². The predicted molar refractivity (Wildman–Crippen MR) is 116 cm³/mol. The zero-order valence-corrected chi connectivity index (χ0v) is 22.1. The van der Waals surface area contributed by atoms with Crippen LogP contribution in [0.4, 0.5) is 0 Å². The number of allylic oxidation sites excluding steroid dienone is 2. The van der Waals surface area contributed by atoms with Gasteiger partial charge >= 0.3 is 29.6 Å². The third-order valence-electron chi connectivity index (χ3n) is 6.00. The van der Waals surface area contributed by atoms with Crippen LogP contribution in [-0.4, -0.2) is 11.5 Å². The van der Waals surface area contributed by atoms with Crippen molar-refractivity contribution in [3.8, 4) is 0 Å². The smallest absolute Gasteiger partial charge is 0.756 e. The SMILES string of the molecule is CCCCCCCC/C=C/CCCCCCCC1CCC(COP(=O)([O-])O)C1.[Na+]. The number of rotatable bonds is 18. The molecular weight excluding hydrogens is 394 g/mol. The van der Waals surface area contributed by atoms with Crippen LogP contribution in [0.1, 0.15) is 116 Å². The van der Waals surface area contributed by atoms with Crippen LogP contribution in [0.2, 0.25) is 0 Å². The van der Waals surface area contributed by atoms with Crippen molar-refractivity contribution < 1.29 is 48.4 Å². The van der Waals surface area contributed by atoms with Crippen molar-refractivity contribution >= 4 is 7.82 Å². The average Bonchev–Trinajstić information content (AvgIpc) is 3.10. The summed E-state index contributed by atoms with van der Waals surface area (Å²) in [6.45, 7) is 2.42. The van der Waals surface area contributed by atoms with Crippen LogP contribution in [0.5, 0.6) is 0 Å². The summed E-state index contributed by atoms with van der Waals surface area (Å²) in [6, 6.07) is 0. The Morgan fingerprint density at radius 1 is 0.897 bits per heavy atom. The third kappa shape index (κ3) is 19.3. The molecule has 1 aliphatic rings. The molecule has 0 aromatic carbocycles. The molecule has 0 radical (unpaired) electrons. The van der Waals surface area contributed by atoms with Gasteiger partial charge in [0.1, 0.15) is 0 Å². The minimum absolute atomic E-state index is 0. The van der Waals surface area contributed by atoms with Gasteiger partial charge in [0.05, 0.1) is 6.61 Å². The molecule has 29 heavy (non-hydrogen) atoms. The van der Waals surface area contributed by atoms with Gasteiger partial charge in [-0.25, -0.2) is 0 Å². The van der Waals surface area contributed by atoms with Crippen LogP contribution < -0.4 is 34.5 Å². The van der Waals surface area contributed by atoms with E-state index in [0.717, 1.165) is 12.8 Å². The fraction of sp³-hybridized carbons (Fsp3) is 0.913. The Morgan fingerprint density at radius 3 is 2.00 bits per heavy atom. The van der Waals surface area contributed by atoms with Crippen molar-refractivity contribution in [3.63, 3.8) is 0 Å². The molecule has 0 bridgehead atoms. The number of phosphoric ester groups is 1. The van der Waals surface area contributed by atoms with E-state index in [1.165, 1.54) is 96.3 Å². The predicted octanol–water partition coefficient (Wildman–Crippen LogP) is 3.92. The van der Waals surface area contributed by atoms with Gasteiger partial charge in [0.15, 0.2) is 0 Å². The Hall–Kier alpha value is 0.850. The van der Waals surface area contributed by atoms with Crippen LogP contribution in [0.3, 0.4) is 0 Å². The Labute approximate surface area is 202 Å². The zero-order valence-electron chi connectivity index (χ0n) is 19.2. The number of unbranched alkanes of at least 4 members (excludes halogenated alkanes) is 11. The molecule has 3 atom stereocenters. The van der Waals surface area contributed by atoms with E-state index in [9.17, 15) is 9.46 Å². The molecule has 0 heterocycles. The van der Waals surface area contributed by atoms with E-state index in [0.29, 0.717) is 11.8 Å². The molecule has 0 spiro atoms. The maximum absolute atomic E-state index is 10.7. The molecule has 1 aliphatic carbocycles. The first kappa shape index (κ1) is 29.9. The zero-order chi connectivity index (χ0) is 20.5. The maximum Gasteiger partial charge on any atom is 1.00 e. The van der Waals surface area contributed by atoms with Crippen molar-refractivity contribution in [2.24, 2.45) is 11.8 Å². The molecule has 6 heteroatoms. The maximum atomic E-state index is 10.7. The second kappa shape index (κ2) is 19.5. The fourth-order valence-electron chi connectivity index (χ4n) is 4.30. The Bertz CT molecular complexity index is 439. The second-order valence-electron chi connectivity index (χ2n) is 8.68. The summed E-state index contributed by atoms with van der Waals surface area (Å²) in [5.74, 6) is 1.01. The van der Waals surface area contributed by atoms with Gasteiger partial charge in [0.2, 0.25) is 0 Å². The summed E-state index contributed by atoms with van der Waals surface area (Å²) in [7, 11) is -4.55. The fourth-order valence-corrected chi connectivity index (χ4v) is 4.69. The van der Waals surface area contributed by atoms with Crippen molar-refractivity contribution in [3.05, 3.63) is 12.2 Å². The van der Waals surface area contributed by atoms with Gasteiger partial charge in [-0.2, -0.15) is 0 Å². The van der Waals surface area contributed by atoms with Gasteiger partial charge in [0, 0.05) is 0 Å². The normalized spacial score (nSPS) is 21.3. The minimum atomic E-state index is -4.55. The molecule has 4 nitrogen and oxygen atoms in total. The van der Waals surface area contributed by atoms with Crippen LogP contribution in [0.15, 0.2) is 12.2 Å². The van der Waals surface area contributed by atoms with Gasteiger partial charge in [-0.3, -0.25) is 4.57 Å². The van der Waals surface area contributed by atoms with Gasteiger partial charge in [-0.1, -0.05) is 89.7 Å². The molecule has 1 fully saturated rings. The van der Waals surface area contributed by atoms with Crippen LogP contribution >= 0.6 is 7.82 Å². The van der Waals surface area contributed by atoms with Crippen molar-refractivity contribution in [2.45, 2.75) is 116 Å².